The van der Waals surface area contributed by atoms with Crippen molar-refractivity contribution >= 4 is 23.6 Å². The topological polar surface area (TPSA) is 138 Å². The van der Waals surface area contributed by atoms with Crippen molar-refractivity contribution in [3.63, 3.8) is 0 Å². The molecule has 5 N–H and O–H groups in total. The van der Waals surface area contributed by atoms with Crippen LogP contribution in [0, 0.1) is 11.3 Å². The minimum atomic E-state index is -0.692. The SMILES string of the molecule is CCOC(=O)CCN1CC[C@H](C)C[C@@H]1C(=O)N[C@@H](C)C(=O)NCc1ccc(C(=N)N)cc1. The Hall–Kier alpha value is -2.94. The maximum atomic E-state index is 12.9. The van der Waals surface area contributed by atoms with Gasteiger partial charge < -0.3 is 21.1 Å². The van der Waals surface area contributed by atoms with Crippen LogP contribution in [0.1, 0.15) is 51.2 Å². The maximum absolute atomic E-state index is 12.9. The van der Waals surface area contributed by atoms with Crippen molar-refractivity contribution in [3.8, 4) is 0 Å². The van der Waals surface area contributed by atoms with Crippen molar-refractivity contribution in [1.29, 1.82) is 5.41 Å². The summed E-state index contributed by atoms with van der Waals surface area (Å²) in [6, 6.07) is 5.98. The lowest BCUT2D eigenvalue weighted by molar-refractivity contribution is -0.144. The molecule has 9 heteroatoms. The van der Waals surface area contributed by atoms with Crippen LogP contribution in [0.5, 0.6) is 0 Å². The summed E-state index contributed by atoms with van der Waals surface area (Å²) >= 11 is 0. The number of likely N-dealkylation sites (tertiary alicyclic amines) is 1. The summed E-state index contributed by atoms with van der Waals surface area (Å²) in [7, 11) is 0. The van der Waals surface area contributed by atoms with E-state index in [0.29, 0.717) is 37.6 Å². The minimum Gasteiger partial charge on any atom is -0.466 e. The van der Waals surface area contributed by atoms with Gasteiger partial charge in [-0.3, -0.25) is 24.7 Å². The first-order valence-electron chi connectivity index (χ1n) is 11.1. The molecule has 2 amide bonds. The van der Waals surface area contributed by atoms with Gasteiger partial charge in [0, 0.05) is 18.7 Å². The number of nitrogens with zero attached hydrogens (tertiary/aromatic N) is 1. The van der Waals surface area contributed by atoms with Crippen LogP contribution in [-0.2, 0) is 25.7 Å². The molecule has 1 aliphatic rings. The number of hydrogen-bond acceptors (Lipinski definition) is 6. The van der Waals surface area contributed by atoms with E-state index in [0.717, 1.165) is 18.5 Å². The average molecular weight is 446 g/mol. The molecule has 1 fully saturated rings. The molecule has 0 spiro atoms. The molecule has 0 unspecified atom stereocenters. The predicted molar refractivity (Wildman–Crippen MR) is 122 cm³/mol. The highest BCUT2D eigenvalue weighted by molar-refractivity contribution is 5.95. The van der Waals surface area contributed by atoms with Gasteiger partial charge in [0.15, 0.2) is 0 Å². The Morgan fingerprint density at radius 2 is 1.97 bits per heavy atom. The summed E-state index contributed by atoms with van der Waals surface area (Å²) in [4.78, 5) is 39.1. The highest BCUT2D eigenvalue weighted by Gasteiger charge is 2.33. The van der Waals surface area contributed by atoms with E-state index in [4.69, 9.17) is 15.9 Å². The summed E-state index contributed by atoms with van der Waals surface area (Å²) in [5.74, 6) is -0.365. The third-order valence-corrected chi connectivity index (χ3v) is 5.67. The first kappa shape index (κ1) is 25.3. The van der Waals surface area contributed by atoms with Gasteiger partial charge >= 0.3 is 5.97 Å². The van der Waals surface area contributed by atoms with Crippen LogP contribution >= 0.6 is 0 Å². The summed E-state index contributed by atoms with van der Waals surface area (Å²) in [5, 5.41) is 13.1. The van der Waals surface area contributed by atoms with E-state index in [9.17, 15) is 14.4 Å². The fourth-order valence-corrected chi connectivity index (χ4v) is 3.72. The molecule has 1 aliphatic heterocycles. The highest BCUT2D eigenvalue weighted by Crippen LogP contribution is 2.23. The van der Waals surface area contributed by atoms with Gasteiger partial charge in [0.2, 0.25) is 11.8 Å². The molecule has 0 bridgehead atoms. The van der Waals surface area contributed by atoms with Crippen LogP contribution in [0.4, 0.5) is 0 Å². The largest absolute Gasteiger partial charge is 0.466 e. The van der Waals surface area contributed by atoms with Gasteiger partial charge in [-0.15, -0.1) is 0 Å². The lowest BCUT2D eigenvalue weighted by Gasteiger charge is -2.37. The number of rotatable bonds is 10. The van der Waals surface area contributed by atoms with Crippen molar-refractivity contribution in [3.05, 3.63) is 35.4 Å². The third kappa shape index (κ3) is 7.64. The molecule has 1 aromatic rings. The van der Waals surface area contributed by atoms with Crippen molar-refractivity contribution in [2.45, 2.75) is 58.7 Å². The van der Waals surface area contributed by atoms with Gasteiger partial charge in [-0.2, -0.15) is 0 Å². The van der Waals surface area contributed by atoms with E-state index in [1.165, 1.54) is 0 Å². The number of hydrogen-bond donors (Lipinski definition) is 4. The van der Waals surface area contributed by atoms with Crippen LogP contribution in [0.2, 0.25) is 0 Å². The Labute approximate surface area is 189 Å². The molecular weight excluding hydrogens is 410 g/mol. The van der Waals surface area contributed by atoms with E-state index < -0.39 is 6.04 Å². The molecule has 1 aromatic carbocycles. The molecule has 0 radical (unpaired) electrons. The molecule has 3 atom stereocenters. The number of esters is 1. The molecule has 1 heterocycles. The summed E-state index contributed by atoms with van der Waals surface area (Å²) in [6.45, 7) is 7.37. The van der Waals surface area contributed by atoms with Gasteiger partial charge in [0.1, 0.15) is 11.9 Å². The quantitative estimate of drug-likeness (QED) is 0.242. The zero-order valence-electron chi connectivity index (χ0n) is 19.1. The summed E-state index contributed by atoms with van der Waals surface area (Å²) in [6.07, 6.45) is 1.89. The normalized spacial score (nSPS) is 19.6. The van der Waals surface area contributed by atoms with Crippen molar-refractivity contribution in [1.82, 2.24) is 15.5 Å². The fourth-order valence-electron chi connectivity index (χ4n) is 3.72. The smallest absolute Gasteiger partial charge is 0.307 e. The number of benzene rings is 1. The Kier molecular flexibility index (Phi) is 9.64. The molecule has 0 saturated carbocycles. The number of amidine groups is 1. The molecule has 9 nitrogen and oxygen atoms in total. The van der Waals surface area contributed by atoms with Crippen molar-refractivity contribution in [2.24, 2.45) is 11.7 Å². The lowest BCUT2D eigenvalue weighted by atomic mass is 9.91. The summed E-state index contributed by atoms with van der Waals surface area (Å²) in [5.41, 5.74) is 6.93. The van der Waals surface area contributed by atoms with E-state index in [1.54, 1.807) is 38.1 Å². The molecule has 2 rings (SSSR count). The van der Waals surface area contributed by atoms with Crippen molar-refractivity contribution < 1.29 is 19.1 Å². The summed E-state index contributed by atoms with van der Waals surface area (Å²) < 4.78 is 4.99. The standard InChI is InChI=1S/C23H35N5O4/c1-4-32-20(29)10-12-28-11-9-15(2)13-19(28)23(31)27-16(3)22(30)26-14-17-5-7-18(8-6-17)21(24)25/h5-8,15-16,19H,4,9-14H2,1-3H3,(H3,24,25)(H,26,30)(H,27,31)/t15-,16-,19+/m0/s1. The number of ether oxygens (including phenoxy) is 1. The van der Waals surface area contributed by atoms with Crippen LogP contribution < -0.4 is 16.4 Å². The van der Waals surface area contributed by atoms with Gasteiger partial charge in [0.05, 0.1) is 19.1 Å². The first-order chi connectivity index (χ1) is 15.2. The first-order valence-corrected chi connectivity index (χ1v) is 11.1. The van der Waals surface area contributed by atoms with E-state index in [2.05, 4.69) is 17.6 Å². The number of carbonyl (C=O) groups excluding carboxylic acids is 3. The number of amides is 2. The third-order valence-electron chi connectivity index (χ3n) is 5.67. The Balaban J connectivity index is 1.87. The molecule has 176 valence electrons. The predicted octanol–water partition coefficient (Wildman–Crippen LogP) is 1.15. The molecule has 1 saturated heterocycles. The van der Waals surface area contributed by atoms with Crippen LogP contribution in [0.3, 0.4) is 0 Å². The van der Waals surface area contributed by atoms with Gasteiger partial charge in [-0.1, -0.05) is 31.2 Å². The number of nitrogen functional groups attached to an aromatic ring is 1. The Bertz CT molecular complexity index is 811. The second kappa shape index (κ2) is 12.2. The maximum Gasteiger partial charge on any atom is 0.307 e. The molecular formula is C23H35N5O4. The van der Waals surface area contributed by atoms with Gasteiger partial charge in [0.25, 0.3) is 0 Å². The van der Waals surface area contributed by atoms with Crippen LogP contribution in [-0.4, -0.2) is 60.3 Å². The minimum absolute atomic E-state index is 0.00903. The number of nitrogens with two attached hydrogens (primary N) is 1. The average Bonchev–Trinajstić information content (AvgIpc) is 2.76. The van der Waals surface area contributed by atoms with Gasteiger partial charge in [-0.05, 0) is 44.7 Å². The Morgan fingerprint density at radius 1 is 1.28 bits per heavy atom. The number of carbonyl (C=O) groups is 3. The van der Waals surface area contributed by atoms with Crippen LogP contribution in [0.25, 0.3) is 0 Å². The molecule has 0 aromatic heterocycles. The zero-order chi connectivity index (χ0) is 23.7. The second-order valence-corrected chi connectivity index (χ2v) is 8.30. The lowest BCUT2D eigenvalue weighted by Crippen LogP contribution is -2.55. The monoisotopic (exact) mass is 445 g/mol. The van der Waals surface area contributed by atoms with Crippen molar-refractivity contribution in [2.75, 3.05) is 19.7 Å². The molecule has 32 heavy (non-hydrogen) atoms. The van der Waals surface area contributed by atoms with E-state index in [-0.39, 0.29) is 36.1 Å². The Morgan fingerprint density at radius 3 is 2.59 bits per heavy atom. The zero-order valence-corrected chi connectivity index (χ0v) is 19.1. The second-order valence-electron chi connectivity index (χ2n) is 8.30. The van der Waals surface area contributed by atoms with Crippen LogP contribution in [0.15, 0.2) is 24.3 Å². The fraction of sp³-hybridized carbons (Fsp3) is 0.565. The van der Waals surface area contributed by atoms with Gasteiger partial charge in [-0.25, -0.2) is 0 Å². The molecule has 0 aliphatic carbocycles. The van der Waals surface area contributed by atoms with E-state index in [1.807, 2.05) is 4.90 Å². The van der Waals surface area contributed by atoms with E-state index >= 15 is 0 Å². The number of nitrogens with one attached hydrogen (secondary N) is 3. The number of piperidine rings is 1. The highest BCUT2D eigenvalue weighted by atomic mass is 16.5.